The molecule has 2 aliphatic rings. The number of anilines is 2. The minimum atomic E-state index is -0.178. The Labute approximate surface area is 171 Å². The quantitative estimate of drug-likeness (QED) is 0.471. The van der Waals surface area contributed by atoms with Crippen molar-refractivity contribution in [3.8, 4) is 0 Å². The zero-order chi connectivity index (χ0) is 20.1. The van der Waals surface area contributed by atoms with Gasteiger partial charge in [-0.2, -0.15) is 15.2 Å². The Hall–Kier alpha value is -3.69. The van der Waals surface area contributed by atoms with Crippen molar-refractivity contribution in [2.24, 2.45) is 0 Å². The molecule has 1 aliphatic carbocycles. The fourth-order valence-corrected chi connectivity index (χ4v) is 4.11. The molecule has 0 aromatic carbocycles. The number of likely N-dealkylation sites (tertiary alicyclic amines) is 1. The van der Waals surface area contributed by atoms with Gasteiger partial charge in [0, 0.05) is 36.6 Å². The number of fused-ring (bicyclic) bond motifs is 1. The number of hydrogen-bond donors (Lipinski definition) is 3. The zero-order valence-corrected chi connectivity index (χ0v) is 16.2. The summed E-state index contributed by atoms with van der Waals surface area (Å²) in [6, 6.07) is 7.42. The maximum atomic E-state index is 12.9. The van der Waals surface area contributed by atoms with E-state index in [4.69, 9.17) is 9.97 Å². The third-order valence-corrected chi connectivity index (χ3v) is 5.80. The van der Waals surface area contributed by atoms with Gasteiger partial charge in [-0.25, -0.2) is 4.98 Å². The summed E-state index contributed by atoms with van der Waals surface area (Å²) in [5, 5.41) is 17.5. The van der Waals surface area contributed by atoms with Crippen LogP contribution in [0.15, 0.2) is 36.7 Å². The van der Waals surface area contributed by atoms with Crippen molar-refractivity contribution in [1.29, 1.82) is 0 Å². The fourth-order valence-electron chi connectivity index (χ4n) is 4.11. The van der Waals surface area contributed by atoms with Crippen LogP contribution in [0.5, 0.6) is 0 Å². The van der Waals surface area contributed by atoms with Crippen LogP contribution in [0.3, 0.4) is 0 Å². The van der Waals surface area contributed by atoms with E-state index in [1.165, 1.54) is 12.8 Å². The SMILES string of the molecule is O=C(c1ccn[nH]1)N1CCC[C@H]1c1nc(Nc2cc(C3CC3)[nH]n2)n2cccc2n1. The summed E-state index contributed by atoms with van der Waals surface area (Å²) < 4.78 is 1.89. The predicted molar refractivity (Wildman–Crippen MR) is 108 cm³/mol. The predicted octanol–water partition coefficient (Wildman–Crippen LogP) is 2.77. The van der Waals surface area contributed by atoms with Crippen LogP contribution in [-0.2, 0) is 0 Å². The second kappa shape index (κ2) is 6.68. The summed E-state index contributed by atoms with van der Waals surface area (Å²) in [5.74, 6) is 2.51. The van der Waals surface area contributed by atoms with E-state index < -0.39 is 0 Å². The maximum absolute atomic E-state index is 12.9. The molecular weight excluding hydrogens is 382 g/mol. The van der Waals surface area contributed by atoms with E-state index in [0.29, 0.717) is 29.9 Å². The van der Waals surface area contributed by atoms with E-state index >= 15 is 0 Å². The number of carbonyl (C=O) groups excluding carboxylic acids is 1. The Kier molecular flexibility index (Phi) is 3.83. The lowest BCUT2D eigenvalue weighted by atomic mass is 10.2. The molecule has 1 aliphatic heterocycles. The largest absolute Gasteiger partial charge is 0.327 e. The molecule has 1 amide bonds. The molecule has 152 valence electrons. The molecule has 2 fully saturated rings. The standard InChI is InChI=1S/C20H21N9O/c30-19(13-7-8-21-25-13)28-9-1-3-15(28)18-23-17-4-2-10-29(17)20(24-18)22-16-11-14(26-27-16)12-5-6-12/h2,4,7-8,10-12,15H,1,3,5-6,9H2,(H,21,25)(H2,22,23,24,26,27)/t15-/m0/s1. The van der Waals surface area contributed by atoms with Gasteiger partial charge in [-0.05, 0) is 43.9 Å². The van der Waals surface area contributed by atoms with Crippen LogP contribution in [-0.4, -0.2) is 52.1 Å². The number of rotatable bonds is 5. The van der Waals surface area contributed by atoms with Gasteiger partial charge < -0.3 is 10.2 Å². The normalized spacial score (nSPS) is 18.9. The molecule has 4 aromatic rings. The molecule has 1 atom stereocenters. The smallest absolute Gasteiger partial charge is 0.272 e. The molecule has 1 saturated carbocycles. The Bertz CT molecular complexity index is 1200. The van der Waals surface area contributed by atoms with E-state index in [1.807, 2.05) is 33.7 Å². The van der Waals surface area contributed by atoms with Crippen molar-refractivity contribution < 1.29 is 4.79 Å². The molecule has 0 unspecified atom stereocenters. The average Bonchev–Trinajstić information content (AvgIpc) is 3.28. The van der Waals surface area contributed by atoms with Gasteiger partial charge in [-0.15, -0.1) is 0 Å². The van der Waals surface area contributed by atoms with Crippen LogP contribution in [0, 0.1) is 0 Å². The molecule has 0 radical (unpaired) electrons. The Morgan fingerprint density at radius 1 is 1.17 bits per heavy atom. The van der Waals surface area contributed by atoms with Crippen LogP contribution in [0.25, 0.3) is 5.65 Å². The number of nitrogens with zero attached hydrogens (tertiary/aromatic N) is 6. The number of aromatic amines is 2. The highest BCUT2D eigenvalue weighted by Crippen LogP contribution is 2.39. The highest BCUT2D eigenvalue weighted by atomic mass is 16.2. The monoisotopic (exact) mass is 403 g/mol. The minimum Gasteiger partial charge on any atom is -0.327 e. The minimum absolute atomic E-state index is 0.0789. The summed E-state index contributed by atoms with van der Waals surface area (Å²) in [6.45, 7) is 0.672. The Morgan fingerprint density at radius 3 is 2.93 bits per heavy atom. The molecule has 30 heavy (non-hydrogen) atoms. The van der Waals surface area contributed by atoms with Gasteiger partial charge in [0.2, 0.25) is 5.95 Å². The van der Waals surface area contributed by atoms with Gasteiger partial charge in [-0.3, -0.25) is 19.4 Å². The summed E-state index contributed by atoms with van der Waals surface area (Å²) in [7, 11) is 0. The van der Waals surface area contributed by atoms with Crippen LogP contribution in [0.1, 0.15) is 59.6 Å². The van der Waals surface area contributed by atoms with Crippen molar-refractivity contribution in [3.63, 3.8) is 0 Å². The second-order valence-corrected chi connectivity index (χ2v) is 7.88. The first-order valence-electron chi connectivity index (χ1n) is 10.2. The number of aromatic nitrogens is 7. The third-order valence-electron chi connectivity index (χ3n) is 5.80. The van der Waals surface area contributed by atoms with E-state index in [0.717, 1.165) is 30.0 Å². The molecule has 0 bridgehead atoms. The lowest BCUT2D eigenvalue weighted by Gasteiger charge is -2.23. The van der Waals surface area contributed by atoms with Crippen LogP contribution < -0.4 is 5.32 Å². The Morgan fingerprint density at radius 2 is 2.10 bits per heavy atom. The molecule has 4 aromatic heterocycles. The molecule has 10 nitrogen and oxygen atoms in total. The van der Waals surface area contributed by atoms with Crippen molar-refractivity contribution in [1.82, 2.24) is 39.7 Å². The first-order valence-corrected chi connectivity index (χ1v) is 10.2. The van der Waals surface area contributed by atoms with E-state index in [1.54, 1.807) is 12.3 Å². The average molecular weight is 403 g/mol. The first-order chi connectivity index (χ1) is 14.8. The molecule has 5 heterocycles. The van der Waals surface area contributed by atoms with E-state index in [2.05, 4.69) is 25.7 Å². The number of hydrogen-bond acceptors (Lipinski definition) is 6. The molecule has 0 spiro atoms. The third kappa shape index (κ3) is 2.92. The van der Waals surface area contributed by atoms with Crippen molar-refractivity contribution in [3.05, 3.63) is 53.9 Å². The Balaban J connectivity index is 1.34. The number of amides is 1. The number of nitrogens with one attached hydrogen (secondary N) is 3. The van der Waals surface area contributed by atoms with Crippen molar-refractivity contribution in [2.75, 3.05) is 11.9 Å². The van der Waals surface area contributed by atoms with Gasteiger partial charge in [0.25, 0.3) is 5.91 Å². The zero-order valence-electron chi connectivity index (χ0n) is 16.2. The lowest BCUT2D eigenvalue weighted by Crippen LogP contribution is -2.32. The summed E-state index contributed by atoms with van der Waals surface area (Å²) in [4.78, 5) is 24.3. The topological polar surface area (TPSA) is 120 Å². The fraction of sp³-hybridized carbons (Fsp3) is 0.350. The highest BCUT2D eigenvalue weighted by molar-refractivity contribution is 5.92. The molecule has 10 heteroatoms. The van der Waals surface area contributed by atoms with Crippen LogP contribution in [0.2, 0.25) is 0 Å². The van der Waals surface area contributed by atoms with E-state index in [-0.39, 0.29) is 11.9 Å². The van der Waals surface area contributed by atoms with Gasteiger partial charge in [0.1, 0.15) is 11.3 Å². The lowest BCUT2D eigenvalue weighted by molar-refractivity contribution is 0.0724. The number of carbonyl (C=O) groups is 1. The highest BCUT2D eigenvalue weighted by Gasteiger charge is 2.34. The van der Waals surface area contributed by atoms with Gasteiger partial charge in [0.05, 0.1) is 6.04 Å². The summed E-state index contributed by atoms with van der Waals surface area (Å²) in [6.07, 6.45) is 7.66. The van der Waals surface area contributed by atoms with Crippen molar-refractivity contribution >= 4 is 23.3 Å². The van der Waals surface area contributed by atoms with Crippen LogP contribution in [0.4, 0.5) is 11.8 Å². The number of H-pyrrole nitrogens is 2. The van der Waals surface area contributed by atoms with Crippen LogP contribution >= 0.6 is 0 Å². The molecule has 6 rings (SSSR count). The van der Waals surface area contributed by atoms with E-state index in [9.17, 15) is 4.79 Å². The maximum Gasteiger partial charge on any atom is 0.272 e. The molecule has 3 N–H and O–H groups in total. The summed E-state index contributed by atoms with van der Waals surface area (Å²) in [5.41, 5.74) is 2.41. The van der Waals surface area contributed by atoms with Gasteiger partial charge in [0.15, 0.2) is 11.6 Å². The van der Waals surface area contributed by atoms with Gasteiger partial charge in [-0.1, -0.05) is 0 Å². The summed E-state index contributed by atoms with van der Waals surface area (Å²) >= 11 is 0. The second-order valence-electron chi connectivity index (χ2n) is 7.88. The first kappa shape index (κ1) is 17.2. The molecular formula is C20H21N9O. The van der Waals surface area contributed by atoms with Gasteiger partial charge >= 0.3 is 0 Å². The van der Waals surface area contributed by atoms with Crippen molar-refractivity contribution in [2.45, 2.75) is 37.6 Å². The molecule has 1 saturated heterocycles.